The maximum absolute atomic E-state index is 11.6. The molecule has 1 atom stereocenters. The molecule has 0 aromatic carbocycles. The Balaban J connectivity index is 2.40. The highest BCUT2D eigenvalue weighted by atomic mass is 16.2. The summed E-state index contributed by atoms with van der Waals surface area (Å²) < 4.78 is 0. The smallest absolute Gasteiger partial charge is 0.234 e. The van der Waals surface area contributed by atoms with Gasteiger partial charge in [-0.2, -0.15) is 0 Å². The Morgan fingerprint density at radius 3 is 2.69 bits per heavy atom. The number of nitrogens with one attached hydrogen (secondary N) is 1. The molecule has 1 aliphatic rings. The number of rotatable bonds is 5. The first-order valence-electron chi connectivity index (χ1n) is 6.02. The lowest BCUT2D eigenvalue weighted by atomic mass is 10.1. The molecule has 0 aromatic heterocycles. The number of amides is 1. The summed E-state index contributed by atoms with van der Waals surface area (Å²) in [5, 5.41) is 2.88. The third-order valence-corrected chi connectivity index (χ3v) is 2.82. The SMILES string of the molecule is CC(=O)CC1CCCN1CC(=O)NC(C)C. The first-order chi connectivity index (χ1) is 7.49. The number of likely N-dealkylation sites (tertiary alicyclic amines) is 1. The van der Waals surface area contributed by atoms with Gasteiger partial charge in [0.1, 0.15) is 5.78 Å². The van der Waals surface area contributed by atoms with Crippen molar-refractivity contribution in [1.29, 1.82) is 0 Å². The second-order valence-corrected chi connectivity index (χ2v) is 4.89. The molecule has 1 unspecified atom stereocenters. The molecule has 1 saturated heterocycles. The summed E-state index contributed by atoms with van der Waals surface area (Å²) in [5.41, 5.74) is 0. The molecule has 1 heterocycles. The van der Waals surface area contributed by atoms with Gasteiger partial charge in [-0.25, -0.2) is 0 Å². The molecule has 4 nitrogen and oxygen atoms in total. The van der Waals surface area contributed by atoms with Crippen molar-refractivity contribution in [1.82, 2.24) is 10.2 Å². The molecule has 1 amide bonds. The molecule has 0 aromatic rings. The topological polar surface area (TPSA) is 49.4 Å². The van der Waals surface area contributed by atoms with E-state index in [2.05, 4.69) is 10.2 Å². The van der Waals surface area contributed by atoms with E-state index in [9.17, 15) is 9.59 Å². The van der Waals surface area contributed by atoms with E-state index < -0.39 is 0 Å². The summed E-state index contributed by atoms with van der Waals surface area (Å²) in [6.07, 6.45) is 2.70. The van der Waals surface area contributed by atoms with Gasteiger partial charge in [0, 0.05) is 18.5 Å². The molecule has 4 heteroatoms. The van der Waals surface area contributed by atoms with Crippen LogP contribution >= 0.6 is 0 Å². The molecule has 1 aliphatic heterocycles. The van der Waals surface area contributed by atoms with Gasteiger partial charge in [0.2, 0.25) is 5.91 Å². The number of nitrogens with zero attached hydrogens (tertiary/aromatic N) is 1. The third-order valence-electron chi connectivity index (χ3n) is 2.82. The highest BCUT2D eigenvalue weighted by molar-refractivity contribution is 5.79. The van der Waals surface area contributed by atoms with Crippen LogP contribution in [0.4, 0.5) is 0 Å². The molecule has 92 valence electrons. The summed E-state index contributed by atoms with van der Waals surface area (Å²) in [4.78, 5) is 24.8. The molecule has 0 saturated carbocycles. The van der Waals surface area contributed by atoms with Gasteiger partial charge in [-0.1, -0.05) is 0 Å². The molecule has 1 fully saturated rings. The van der Waals surface area contributed by atoms with Gasteiger partial charge < -0.3 is 5.32 Å². The van der Waals surface area contributed by atoms with Crippen molar-refractivity contribution in [3.8, 4) is 0 Å². The van der Waals surface area contributed by atoms with E-state index in [1.54, 1.807) is 6.92 Å². The van der Waals surface area contributed by atoms with E-state index in [1.807, 2.05) is 13.8 Å². The molecule has 0 aliphatic carbocycles. The predicted octanol–water partition coefficient (Wildman–Crippen LogP) is 0.954. The Morgan fingerprint density at radius 1 is 1.44 bits per heavy atom. The van der Waals surface area contributed by atoms with Crippen LogP contribution in [0.2, 0.25) is 0 Å². The summed E-state index contributed by atoms with van der Waals surface area (Å²) >= 11 is 0. The van der Waals surface area contributed by atoms with Crippen LogP contribution in [0.5, 0.6) is 0 Å². The lowest BCUT2D eigenvalue weighted by Crippen LogP contribution is -2.42. The van der Waals surface area contributed by atoms with Crippen LogP contribution in [0.3, 0.4) is 0 Å². The van der Waals surface area contributed by atoms with Crippen molar-refractivity contribution in [2.45, 2.75) is 52.1 Å². The lowest BCUT2D eigenvalue weighted by molar-refractivity contribution is -0.124. The van der Waals surface area contributed by atoms with Gasteiger partial charge in [-0.15, -0.1) is 0 Å². The Morgan fingerprint density at radius 2 is 2.12 bits per heavy atom. The molecule has 0 bridgehead atoms. The zero-order chi connectivity index (χ0) is 12.1. The molecule has 0 radical (unpaired) electrons. The summed E-state index contributed by atoms with van der Waals surface area (Å²) in [7, 11) is 0. The van der Waals surface area contributed by atoms with Crippen molar-refractivity contribution in [3.05, 3.63) is 0 Å². The summed E-state index contributed by atoms with van der Waals surface area (Å²) in [6.45, 7) is 6.88. The van der Waals surface area contributed by atoms with Gasteiger partial charge in [-0.3, -0.25) is 14.5 Å². The first kappa shape index (κ1) is 13.2. The fourth-order valence-corrected chi connectivity index (χ4v) is 2.22. The fraction of sp³-hybridized carbons (Fsp3) is 0.833. The minimum atomic E-state index is 0.0606. The molecule has 1 rings (SSSR count). The van der Waals surface area contributed by atoms with Crippen molar-refractivity contribution >= 4 is 11.7 Å². The lowest BCUT2D eigenvalue weighted by Gasteiger charge is -2.23. The van der Waals surface area contributed by atoms with E-state index in [0.717, 1.165) is 19.4 Å². The number of carbonyl (C=O) groups excluding carboxylic acids is 2. The van der Waals surface area contributed by atoms with Gasteiger partial charge in [0.25, 0.3) is 0 Å². The van der Waals surface area contributed by atoms with Crippen molar-refractivity contribution in [3.63, 3.8) is 0 Å². The minimum absolute atomic E-state index is 0.0606. The van der Waals surface area contributed by atoms with Crippen LogP contribution in [0.1, 0.15) is 40.0 Å². The first-order valence-corrected chi connectivity index (χ1v) is 6.02. The minimum Gasteiger partial charge on any atom is -0.353 e. The van der Waals surface area contributed by atoms with Crippen LogP contribution in [-0.2, 0) is 9.59 Å². The fourth-order valence-electron chi connectivity index (χ4n) is 2.22. The van der Waals surface area contributed by atoms with E-state index in [-0.39, 0.29) is 23.8 Å². The predicted molar refractivity (Wildman–Crippen MR) is 63.2 cm³/mol. The number of hydrogen-bond acceptors (Lipinski definition) is 3. The quantitative estimate of drug-likeness (QED) is 0.759. The number of Topliss-reactive ketones (excluding diaryl/α,β-unsaturated/α-hetero) is 1. The van der Waals surface area contributed by atoms with E-state index in [0.29, 0.717) is 13.0 Å². The van der Waals surface area contributed by atoms with Crippen molar-refractivity contribution in [2.24, 2.45) is 0 Å². The van der Waals surface area contributed by atoms with E-state index >= 15 is 0 Å². The monoisotopic (exact) mass is 226 g/mol. The van der Waals surface area contributed by atoms with Crippen LogP contribution < -0.4 is 5.32 Å². The van der Waals surface area contributed by atoms with E-state index in [4.69, 9.17) is 0 Å². The number of carbonyl (C=O) groups is 2. The van der Waals surface area contributed by atoms with E-state index in [1.165, 1.54) is 0 Å². The highest BCUT2D eigenvalue weighted by Crippen LogP contribution is 2.19. The highest BCUT2D eigenvalue weighted by Gasteiger charge is 2.26. The zero-order valence-electron chi connectivity index (χ0n) is 10.5. The standard InChI is InChI=1S/C12H22N2O2/c1-9(2)13-12(16)8-14-6-4-5-11(14)7-10(3)15/h9,11H,4-8H2,1-3H3,(H,13,16). The van der Waals surface area contributed by atoms with Gasteiger partial charge in [-0.05, 0) is 40.2 Å². The number of ketones is 1. The second-order valence-electron chi connectivity index (χ2n) is 4.89. The van der Waals surface area contributed by atoms with Crippen LogP contribution in [0.25, 0.3) is 0 Å². The van der Waals surface area contributed by atoms with Crippen LogP contribution in [0, 0.1) is 0 Å². The van der Waals surface area contributed by atoms with Crippen molar-refractivity contribution < 1.29 is 9.59 Å². The van der Waals surface area contributed by atoms with Gasteiger partial charge >= 0.3 is 0 Å². The largest absolute Gasteiger partial charge is 0.353 e. The third kappa shape index (κ3) is 4.31. The normalized spacial score (nSPS) is 21.4. The van der Waals surface area contributed by atoms with Crippen molar-refractivity contribution in [2.75, 3.05) is 13.1 Å². The van der Waals surface area contributed by atoms with Crippen LogP contribution in [0.15, 0.2) is 0 Å². The molecular formula is C12H22N2O2. The Bertz CT molecular complexity index is 264. The molecule has 0 spiro atoms. The maximum Gasteiger partial charge on any atom is 0.234 e. The summed E-state index contributed by atoms with van der Waals surface area (Å²) in [6, 6.07) is 0.455. The molecular weight excluding hydrogens is 204 g/mol. The molecule has 1 N–H and O–H groups in total. The number of hydrogen-bond donors (Lipinski definition) is 1. The van der Waals surface area contributed by atoms with Crippen LogP contribution in [-0.4, -0.2) is 41.8 Å². The summed E-state index contributed by atoms with van der Waals surface area (Å²) in [5.74, 6) is 0.270. The van der Waals surface area contributed by atoms with Gasteiger partial charge in [0.15, 0.2) is 0 Å². The second kappa shape index (κ2) is 5.99. The average Bonchev–Trinajstić information content (AvgIpc) is 2.50. The van der Waals surface area contributed by atoms with Gasteiger partial charge in [0.05, 0.1) is 6.54 Å². The Kier molecular flexibility index (Phi) is 4.93. The molecule has 16 heavy (non-hydrogen) atoms. The average molecular weight is 226 g/mol. The maximum atomic E-state index is 11.6. The zero-order valence-corrected chi connectivity index (χ0v) is 10.5. The Hall–Kier alpha value is -0.900. The Labute approximate surface area is 97.4 Å².